The third-order valence-corrected chi connectivity index (χ3v) is 10.2. The van der Waals surface area contributed by atoms with Crippen molar-refractivity contribution in [1.29, 1.82) is 0 Å². The molecule has 5 aromatic rings. The van der Waals surface area contributed by atoms with Crippen LogP contribution < -0.4 is 10.6 Å². The molecule has 4 aromatic carbocycles. The Morgan fingerprint density at radius 3 is 1.81 bits per heavy atom. The number of aromatic nitrogens is 1. The van der Waals surface area contributed by atoms with Crippen LogP contribution >= 0.6 is 7.92 Å². The Balaban J connectivity index is 1.66. The van der Waals surface area contributed by atoms with Crippen molar-refractivity contribution in [3.05, 3.63) is 161 Å². The van der Waals surface area contributed by atoms with E-state index in [9.17, 15) is 0 Å². The van der Waals surface area contributed by atoms with E-state index >= 15 is 0 Å². The fraction of sp³-hybridized carbons (Fsp3) is 0.150. The first-order chi connectivity index (χ1) is 20.4. The zero-order valence-electron chi connectivity index (χ0n) is 25.4. The first-order valence-corrected chi connectivity index (χ1v) is 16.2. The van der Waals surface area contributed by atoms with Crippen molar-refractivity contribution < 1.29 is 0 Å². The molecule has 0 N–H and O–H groups in total. The lowest BCUT2D eigenvalue weighted by Crippen LogP contribution is -2.13. The predicted molar refractivity (Wildman–Crippen MR) is 188 cm³/mol. The van der Waals surface area contributed by atoms with Gasteiger partial charge in [0, 0.05) is 28.4 Å². The van der Waals surface area contributed by atoms with Crippen molar-refractivity contribution in [2.24, 2.45) is 0 Å². The summed E-state index contributed by atoms with van der Waals surface area (Å²) in [7, 11) is -0.505. The number of benzene rings is 4. The molecule has 0 saturated heterocycles. The molecule has 0 radical (unpaired) electrons. The number of hydrogen-bond acceptors (Lipinski definition) is 0. The number of fused-ring (bicyclic) bond motifs is 1. The average molecular weight is 566 g/mol. The van der Waals surface area contributed by atoms with Gasteiger partial charge in [0.25, 0.3) is 0 Å². The van der Waals surface area contributed by atoms with Crippen LogP contribution in [0.5, 0.6) is 0 Å². The molecule has 0 bridgehead atoms. The van der Waals surface area contributed by atoms with Gasteiger partial charge in [-0.1, -0.05) is 127 Å². The van der Waals surface area contributed by atoms with E-state index in [1.807, 2.05) is 6.08 Å². The first kappa shape index (κ1) is 29.3. The van der Waals surface area contributed by atoms with E-state index in [0.717, 1.165) is 11.8 Å². The Bertz CT molecular complexity index is 1730. The molecule has 0 saturated carbocycles. The largest absolute Gasteiger partial charge is 0.309 e. The molecule has 1 heterocycles. The van der Waals surface area contributed by atoms with Crippen LogP contribution in [0.4, 0.5) is 0 Å². The molecule has 2 heteroatoms. The van der Waals surface area contributed by atoms with Gasteiger partial charge in [-0.25, -0.2) is 0 Å². The fourth-order valence-corrected chi connectivity index (χ4v) is 8.07. The molecule has 0 aliphatic heterocycles. The third kappa shape index (κ3) is 5.89. The molecule has 0 unspecified atom stereocenters. The van der Waals surface area contributed by atoms with Crippen LogP contribution in [0.3, 0.4) is 0 Å². The van der Waals surface area contributed by atoms with Crippen LogP contribution in [0.1, 0.15) is 51.4 Å². The molecule has 210 valence electrons. The van der Waals surface area contributed by atoms with Crippen molar-refractivity contribution in [3.8, 4) is 5.69 Å². The second-order valence-corrected chi connectivity index (χ2v) is 13.2. The zero-order chi connectivity index (χ0) is 29.6. The molecule has 5 rings (SSSR count). The van der Waals surface area contributed by atoms with Crippen LogP contribution in [-0.4, -0.2) is 4.57 Å². The summed E-state index contributed by atoms with van der Waals surface area (Å²) < 4.78 is 2.43. The summed E-state index contributed by atoms with van der Waals surface area (Å²) in [6.07, 6.45) is 7.41. The van der Waals surface area contributed by atoms with E-state index in [1.165, 1.54) is 60.6 Å². The van der Waals surface area contributed by atoms with E-state index in [1.54, 1.807) is 0 Å². The number of rotatable bonds is 9. The SMILES string of the molecule is C=Cc1c(C(=C(C)C)C(/C=C\C)=C(C)C)n(-c2ccc(CP(c3ccccc3)c3ccccc3)cc2)c2ccccc12. The number of nitrogens with zero attached hydrogens (tertiary/aromatic N) is 1. The summed E-state index contributed by atoms with van der Waals surface area (Å²) in [6.45, 7) is 15.2. The summed E-state index contributed by atoms with van der Waals surface area (Å²) in [5.41, 5.74) is 11.2. The average Bonchev–Trinajstić information content (AvgIpc) is 3.34. The maximum Gasteiger partial charge on any atom is 0.0618 e. The molecule has 0 aliphatic rings. The van der Waals surface area contributed by atoms with E-state index in [0.29, 0.717) is 0 Å². The summed E-state index contributed by atoms with van der Waals surface area (Å²) in [5.74, 6) is 0. The van der Waals surface area contributed by atoms with Crippen molar-refractivity contribution in [2.45, 2.75) is 40.8 Å². The van der Waals surface area contributed by atoms with Crippen LogP contribution in [-0.2, 0) is 6.16 Å². The quantitative estimate of drug-likeness (QED) is 0.124. The Morgan fingerprint density at radius 1 is 0.714 bits per heavy atom. The lowest BCUT2D eigenvalue weighted by molar-refractivity contribution is 1.08. The summed E-state index contributed by atoms with van der Waals surface area (Å²) in [6, 6.07) is 39.8. The minimum absolute atomic E-state index is 0.505. The Labute approximate surface area is 253 Å². The van der Waals surface area contributed by atoms with Gasteiger partial charge in [0.15, 0.2) is 0 Å². The molecule has 0 aliphatic carbocycles. The smallest absolute Gasteiger partial charge is 0.0618 e. The maximum atomic E-state index is 4.28. The Kier molecular flexibility index (Phi) is 9.21. The van der Waals surface area contributed by atoms with Crippen molar-refractivity contribution in [1.82, 2.24) is 4.57 Å². The lowest BCUT2D eigenvalue weighted by atomic mass is 9.91. The molecule has 0 atom stereocenters. The molecular formula is C40H40NP. The summed E-state index contributed by atoms with van der Waals surface area (Å²) in [5, 5.41) is 4.03. The molecule has 1 nitrogen and oxygen atoms in total. The van der Waals surface area contributed by atoms with Gasteiger partial charge in [-0.3, -0.25) is 0 Å². The number of hydrogen-bond donors (Lipinski definition) is 0. The summed E-state index contributed by atoms with van der Waals surface area (Å²) >= 11 is 0. The molecule has 1 aromatic heterocycles. The second kappa shape index (κ2) is 13.2. The lowest BCUT2D eigenvalue weighted by Gasteiger charge is -2.21. The molecule has 0 amide bonds. The minimum Gasteiger partial charge on any atom is -0.309 e. The van der Waals surface area contributed by atoms with Gasteiger partial charge >= 0.3 is 0 Å². The first-order valence-electron chi connectivity index (χ1n) is 14.7. The van der Waals surface area contributed by atoms with Gasteiger partial charge in [0.1, 0.15) is 0 Å². The van der Waals surface area contributed by atoms with E-state index in [-0.39, 0.29) is 0 Å². The van der Waals surface area contributed by atoms with Crippen LogP contribution in [0.15, 0.2) is 145 Å². The molecular weight excluding hydrogens is 525 g/mol. The van der Waals surface area contributed by atoms with Crippen LogP contribution in [0.2, 0.25) is 0 Å². The monoisotopic (exact) mass is 565 g/mol. The van der Waals surface area contributed by atoms with Crippen molar-refractivity contribution in [3.63, 3.8) is 0 Å². The molecule has 0 fully saturated rings. The molecule has 0 spiro atoms. The van der Waals surface area contributed by atoms with Crippen LogP contribution in [0.25, 0.3) is 28.2 Å². The van der Waals surface area contributed by atoms with E-state index in [4.69, 9.17) is 0 Å². The third-order valence-electron chi connectivity index (χ3n) is 7.67. The standard InChI is InChI=1S/C40H40NP/c1-7-17-36(29(3)4)39(30(5)6)40-35(8-2)37-22-15-16-23-38(37)41(40)32-26-24-31(25-27-32)28-42(33-18-11-9-12-19-33)34-20-13-10-14-21-34/h7-27H,2,28H2,1,3-6H3/b17-7-. The van der Waals surface area contributed by atoms with Gasteiger partial charge in [-0.2, -0.15) is 0 Å². The summed E-state index contributed by atoms with van der Waals surface area (Å²) in [4.78, 5) is 0. The highest BCUT2D eigenvalue weighted by Gasteiger charge is 2.23. The zero-order valence-corrected chi connectivity index (χ0v) is 26.3. The maximum absolute atomic E-state index is 4.28. The highest BCUT2D eigenvalue weighted by Crippen LogP contribution is 2.41. The van der Waals surface area contributed by atoms with Gasteiger partial charge in [0.2, 0.25) is 0 Å². The second-order valence-electron chi connectivity index (χ2n) is 11.0. The topological polar surface area (TPSA) is 4.93 Å². The fourth-order valence-electron chi connectivity index (χ4n) is 5.77. The van der Waals surface area contributed by atoms with Gasteiger partial charge in [0.05, 0.1) is 11.2 Å². The van der Waals surface area contributed by atoms with Gasteiger partial charge in [-0.15, -0.1) is 0 Å². The van der Waals surface area contributed by atoms with Crippen molar-refractivity contribution >= 4 is 41.1 Å². The predicted octanol–water partition coefficient (Wildman–Crippen LogP) is 10.6. The number of para-hydroxylation sites is 1. The Hall–Kier alpha value is -4.19. The highest BCUT2D eigenvalue weighted by molar-refractivity contribution is 7.72. The van der Waals surface area contributed by atoms with Crippen molar-refractivity contribution in [2.75, 3.05) is 0 Å². The van der Waals surface area contributed by atoms with Crippen LogP contribution in [0, 0.1) is 0 Å². The van der Waals surface area contributed by atoms with E-state index in [2.05, 4.69) is 167 Å². The molecule has 42 heavy (non-hydrogen) atoms. The highest BCUT2D eigenvalue weighted by atomic mass is 31.1. The van der Waals surface area contributed by atoms with Gasteiger partial charge in [-0.05, 0) is 82.5 Å². The Morgan fingerprint density at radius 2 is 1.29 bits per heavy atom. The van der Waals surface area contributed by atoms with Gasteiger partial charge < -0.3 is 4.57 Å². The number of allylic oxidation sites excluding steroid dienone is 6. The normalized spacial score (nSPS) is 11.3. The van der Waals surface area contributed by atoms with E-state index < -0.39 is 7.92 Å². The minimum atomic E-state index is -0.505.